The second-order valence-electron chi connectivity index (χ2n) is 4.57. The summed E-state index contributed by atoms with van der Waals surface area (Å²) in [6, 6.07) is 1.62. The molecule has 21 heavy (non-hydrogen) atoms. The van der Waals surface area contributed by atoms with Crippen LogP contribution in [0.25, 0.3) is 21.5 Å². The summed E-state index contributed by atoms with van der Waals surface area (Å²) < 4.78 is 6.93. The van der Waals surface area contributed by atoms with Crippen LogP contribution in [0.1, 0.15) is 6.23 Å². The highest BCUT2D eigenvalue weighted by atomic mass is 16.6. The van der Waals surface area contributed by atoms with Crippen molar-refractivity contribution in [3.8, 4) is 0 Å². The van der Waals surface area contributed by atoms with Crippen molar-refractivity contribution in [3.05, 3.63) is 29.0 Å². The molecule has 2 aromatic heterocycles. The van der Waals surface area contributed by atoms with Crippen molar-refractivity contribution < 1.29 is 20.1 Å². The van der Waals surface area contributed by atoms with Crippen molar-refractivity contribution >= 4 is 16.9 Å². The Morgan fingerprint density at radius 3 is 2.86 bits per heavy atom. The Labute approximate surface area is 117 Å². The van der Waals surface area contributed by atoms with Gasteiger partial charge in [0.15, 0.2) is 12.0 Å². The maximum atomic E-state index is 10.0. The SMILES string of the molecule is [N-]=[N+]=Nc1nccc2c1ncn2C1O[C@H](CO)[C@@H](O)[C@H]1O. The monoisotopic (exact) mass is 292 g/mol. The van der Waals surface area contributed by atoms with E-state index in [1.807, 2.05) is 0 Å². The molecule has 4 atom stereocenters. The molecular weight excluding hydrogens is 280 g/mol. The number of rotatable bonds is 3. The van der Waals surface area contributed by atoms with Crippen LogP contribution in [0.3, 0.4) is 0 Å². The molecule has 2 aromatic rings. The van der Waals surface area contributed by atoms with E-state index in [0.29, 0.717) is 11.0 Å². The van der Waals surface area contributed by atoms with Crippen molar-refractivity contribution in [1.82, 2.24) is 14.5 Å². The van der Waals surface area contributed by atoms with Crippen molar-refractivity contribution in [2.75, 3.05) is 6.61 Å². The quantitative estimate of drug-likeness (QED) is 0.411. The van der Waals surface area contributed by atoms with Crippen LogP contribution in [0, 0.1) is 0 Å². The molecule has 0 aromatic carbocycles. The van der Waals surface area contributed by atoms with E-state index in [0.717, 1.165) is 0 Å². The molecule has 0 aliphatic carbocycles. The van der Waals surface area contributed by atoms with Gasteiger partial charge in [-0.05, 0) is 16.7 Å². The first-order valence-corrected chi connectivity index (χ1v) is 6.16. The Bertz CT molecular complexity index is 712. The molecule has 0 radical (unpaired) electrons. The number of imidazole rings is 1. The van der Waals surface area contributed by atoms with E-state index in [-0.39, 0.29) is 5.82 Å². The summed E-state index contributed by atoms with van der Waals surface area (Å²) in [5.41, 5.74) is 9.38. The molecule has 1 saturated heterocycles. The number of aliphatic hydroxyl groups is 3. The van der Waals surface area contributed by atoms with Crippen LogP contribution >= 0.6 is 0 Å². The molecule has 0 amide bonds. The number of pyridine rings is 1. The number of aromatic nitrogens is 3. The number of hydrogen-bond donors (Lipinski definition) is 3. The van der Waals surface area contributed by atoms with E-state index < -0.39 is 31.1 Å². The van der Waals surface area contributed by atoms with E-state index >= 15 is 0 Å². The molecule has 0 saturated carbocycles. The first kappa shape index (κ1) is 13.7. The van der Waals surface area contributed by atoms with E-state index in [9.17, 15) is 10.2 Å². The van der Waals surface area contributed by atoms with Gasteiger partial charge in [-0.2, -0.15) is 0 Å². The fourth-order valence-corrected chi connectivity index (χ4v) is 2.38. The van der Waals surface area contributed by atoms with Crippen LogP contribution in [-0.2, 0) is 4.74 Å². The Kier molecular flexibility index (Phi) is 3.45. The maximum absolute atomic E-state index is 10.0. The van der Waals surface area contributed by atoms with Gasteiger partial charge in [-0.25, -0.2) is 4.98 Å². The van der Waals surface area contributed by atoms with Crippen LogP contribution in [0.2, 0.25) is 0 Å². The Morgan fingerprint density at radius 1 is 1.38 bits per heavy atom. The van der Waals surface area contributed by atoms with Crippen molar-refractivity contribution in [2.24, 2.45) is 5.11 Å². The van der Waals surface area contributed by atoms with Gasteiger partial charge in [0.2, 0.25) is 0 Å². The molecule has 10 nitrogen and oxygen atoms in total. The summed E-state index contributed by atoms with van der Waals surface area (Å²) in [6.45, 7) is -0.410. The molecular formula is C11H12N6O4. The van der Waals surface area contributed by atoms with Gasteiger partial charge >= 0.3 is 0 Å². The zero-order chi connectivity index (χ0) is 15.0. The summed E-state index contributed by atoms with van der Waals surface area (Å²) in [6.07, 6.45) is -1.36. The zero-order valence-corrected chi connectivity index (χ0v) is 10.7. The molecule has 1 unspecified atom stereocenters. The Balaban J connectivity index is 2.06. The largest absolute Gasteiger partial charge is 0.394 e. The second kappa shape index (κ2) is 5.28. The third-order valence-electron chi connectivity index (χ3n) is 3.40. The average Bonchev–Trinajstić information content (AvgIpc) is 3.03. The minimum absolute atomic E-state index is 0.112. The molecule has 0 bridgehead atoms. The van der Waals surface area contributed by atoms with Crippen LogP contribution in [0.15, 0.2) is 23.7 Å². The molecule has 3 rings (SSSR count). The molecule has 1 fully saturated rings. The number of nitrogens with zero attached hydrogens (tertiary/aromatic N) is 6. The minimum Gasteiger partial charge on any atom is -0.394 e. The summed E-state index contributed by atoms with van der Waals surface area (Å²) in [5.74, 6) is 0.112. The first-order chi connectivity index (χ1) is 10.2. The summed E-state index contributed by atoms with van der Waals surface area (Å²) in [4.78, 5) is 10.7. The van der Waals surface area contributed by atoms with Gasteiger partial charge in [-0.3, -0.25) is 4.98 Å². The van der Waals surface area contributed by atoms with Crippen molar-refractivity contribution in [3.63, 3.8) is 0 Å². The van der Waals surface area contributed by atoms with Gasteiger partial charge in [-0.1, -0.05) is 0 Å². The second-order valence-corrected chi connectivity index (χ2v) is 4.57. The predicted octanol–water partition coefficient (Wildman–Crippen LogP) is -0.0154. The van der Waals surface area contributed by atoms with Gasteiger partial charge in [0.25, 0.3) is 0 Å². The number of aliphatic hydroxyl groups excluding tert-OH is 3. The highest BCUT2D eigenvalue weighted by Gasteiger charge is 2.43. The van der Waals surface area contributed by atoms with Gasteiger partial charge in [0, 0.05) is 11.1 Å². The van der Waals surface area contributed by atoms with Crippen molar-refractivity contribution in [1.29, 1.82) is 0 Å². The molecule has 3 heterocycles. The van der Waals surface area contributed by atoms with E-state index in [1.54, 1.807) is 6.07 Å². The molecule has 1 aliphatic heterocycles. The summed E-state index contributed by atoms with van der Waals surface area (Å²) in [5, 5.41) is 32.4. The highest BCUT2D eigenvalue weighted by Crippen LogP contribution is 2.33. The minimum atomic E-state index is -1.21. The Morgan fingerprint density at radius 2 is 2.19 bits per heavy atom. The first-order valence-electron chi connectivity index (χ1n) is 6.16. The average molecular weight is 292 g/mol. The number of fused-ring (bicyclic) bond motifs is 1. The van der Waals surface area contributed by atoms with Crippen molar-refractivity contribution in [2.45, 2.75) is 24.5 Å². The van der Waals surface area contributed by atoms with Crippen LogP contribution < -0.4 is 0 Å². The van der Waals surface area contributed by atoms with E-state index in [4.69, 9.17) is 15.4 Å². The van der Waals surface area contributed by atoms with Gasteiger partial charge in [0.1, 0.15) is 23.8 Å². The Hall–Kier alpha value is -2.23. The molecule has 1 aliphatic rings. The highest BCUT2D eigenvalue weighted by molar-refractivity contribution is 5.84. The van der Waals surface area contributed by atoms with E-state index in [1.165, 1.54) is 17.1 Å². The lowest BCUT2D eigenvalue weighted by molar-refractivity contribution is -0.0508. The molecule has 110 valence electrons. The van der Waals surface area contributed by atoms with E-state index in [2.05, 4.69) is 20.0 Å². The molecule has 0 spiro atoms. The lowest BCUT2D eigenvalue weighted by Gasteiger charge is -2.16. The number of hydrogen-bond acceptors (Lipinski definition) is 7. The standard InChI is InChI=1S/C11H12N6O4/c12-16-15-10-7-5(1-2-13-10)17(4-14-7)11-9(20)8(19)6(3-18)21-11/h1-2,4,6,8-9,11,18-20H,3H2/t6-,8-,9-,11?/m1/s1. The lowest BCUT2D eigenvalue weighted by atomic mass is 10.1. The fourth-order valence-electron chi connectivity index (χ4n) is 2.38. The third-order valence-corrected chi connectivity index (χ3v) is 3.40. The van der Waals surface area contributed by atoms with Gasteiger partial charge in [0.05, 0.1) is 18.5 Å². The predicted molar refractivity (Wildman–Crippen MR) is 69.3 cm³/mol. The smallest absolute Gasteiger partial charge is 0.164 e. The number of ether oxygens (including phenoxy) is 1. The van der Waals surface area contributed by atoms with Gasteiger partial charge in [-0.15, -0.1) is 0 Å². The summed E-state index contributed by atoms with van der Waals surface area (Å²) in [7, 11) is 0. The molecule has 10 heteroatoms. The maximum Gasteiger partial charge on any atom is 0.164 e. The lowest BCUT2D eigenvalue weighted by Crippen LogP contribution is -2.33. The van der Waals surface area contributed by atoms with Crippen LogP contribution in [0.4, 0.5) is 5.82 Å². The molecule has 3 N–H and O–H groups in total. The zero-order valence-electron chi connectivity index (χ0n) is 10.7. The number of azide groups is 1. The summed E-state index contributed by atoms with van der Waals surface area (Å²) >= 11 is 0. The van der Waals surface area contributed by atoms with Gasteiger partial charge < -0.3 is 24.6 Å². The topological polar surface area (TPSA) is 149 Å². The normalized spacial score (nSPS) is 28.7. The van der Waals surface area contributed by atoms with Crippen LogP contribution in [0.5, 0.6) is 0 Å². The third kappa shape index (κ3) is 2.11. The fraction of sp³-hybridized carbons (Fsp3) is 0.455. The van der Waals surface area contributed by atoms with Crippen LogP contribution in [-0.4, -0.2) is 54.8 Å².